The highest BCUT2D eigenvalue weighted by Crippen LogP contribution is 2.49. The van der Waals surface area contributed by atoms with Gasteiger partial charge in [-0.15, -0.1) is 0 Å². The van der Waals surface area contributed by atoms with Gasteiger partial charge in [-0.3, -0.25) is 9.69 Å². The standard InChI is InChI=1S/C29H37N3O5/c1-6-32-28(34)31-18-21-16-23(36-4)17-24(37-5)26(21)19(2)14-25(31)29(32)10-12-30(13-11-29)27(33)20-8-7-9-22(15-20)35-3/h7-9,14,16-17,19-20H,6,10-13,15,18H2,1-5H3. The highest BCUT2D eigenvalue weighted by atomic mass is 16.5. The van der Waals surface area contributed by atoms with Crippen LogP contribution in [0, 0.1) is 5.92 Å². The lowest BCUT2D eigenvalue weighted by molar-refractivity contribution is -0.136. The van der Waals surface area contributed by atoms with Gasteiger partial charge in [0.1, 0.15) is 11.5 Å². The van der Waals surface area contributed by atoms with Crippen molar-refractivity contribution in [3.05, 3.63) is 59.0 Å². The molecule has 1 aliphatic carbocycles. The van der Waals surface area contributed by atoms with Gasteiger partial charge >= 0.3 is 6.03 Å². The van der Waals surface area contributed by atoms with Gasteiger partial charge in [-0.1, -0.05) is 25.2 Å². The fourth-order valence-electron chi connectivity index (χ4n) is 6.57. The zero-order valence-corrected chi connectivity index (χ0v) is 22.5. The van der Waals surface area contributed by atoms with Crippen LogP contribution in [-0.4, -0.2) is 73.1 Å². The van der Waals surface area contributed by atoms with Crippen molar-refractivity contribution in [1.82, 2.24) is 14.7 Å². The molecule has 8 heteroatoms. The number of urea groups is 1. The van der Waals surface area contributed by atoms with E-state index in [0.717, 1.165) is 34.1 Å². The van der Waals surface area contributed by atoms with Gasteiger partial charge in [-0.2, -0.15) is 0 Å². The normalized spacial score (nSPS) is 24.2. The van der Waals surface area contributed by atoms with E-state index < -0.39 is 5.54 Å². The molecule has 0 bridgehead atoms. The molecule has 3 heterocycles. The van der Waals surface area contributed by atoms with Crippen LogP contribution in [0.5, 0.6) is 11.5 Å². The molecule has 2 unspecified atom stereocenters. The molecule has 2 fully saturated rings. The van der Waals surface area contributed by atoms with E-state index in [1.165, 1.54) is 0 Å². The SMILES string of the molecule is CCN1C(=O)N2Cc3cc(OC)cc(OC)c3C(C)C=C2C12CCN(C(=O)C1C=CC=C(OC)C1)CC2. The molecule has 37 heavy (non-hydrogen) atoms. The van der Waals surface area contributed by atoms with E-state index in [9.17, 15) is 9.59 Å². The number of hydrogen-bond donors (Lipinski definition) is 0. The molecule has 198 valence electrons. The van der Waals surface area contributed by atoms with Crippen molar-refractivity contribution < 1.29 is 23.8 Å². The molecule has 0 saturated carbocycles. The summed E-state index contributed by atoms with van der Waals surface area (Å²) in [5.74, 6) is 2.31. The first-order valence-corrected chi connectivity index (χ1v) is 13.1. The van der Waals surface area contributed by atoms with Crippen molar-refractivity contribution in [3.63, 3.8) is 0 Å². The molecule has 8 nitrogen and oxygen atoms in total. The minimum atomic E-state index is -0.420. The first kappa shape index (κ1) is 25.2. The number of methoxy groups -OCH3 is 3. The zero-order valence-electron chi connectivity index (χ0n) is 22.5. The Hall–Kier alpha value is -3.42. The summed E-state index contributed by atoms with van der Waals surface area (Å²) in [4.78, 5) is 33.1. The van der Waals surface area contributed by atoms with Gasteiger partial charge in [0.2, 0.25) is 5.91 Å². The Balaban J connectivity index is 1.44. The Kier molecular flexibility index (Phi) is 6.68. The van der Waals surface area contributed by atoms with Gasteiger partial charge in [-0.25, -0.2) is 4.79 Å². The van der Waals surface area contributed by atoms with Gasteiger partial charge in [0.25, 0.3) is 0 Å². The number of fused-ring (bicyclic) bond motifs is 3. The molecule has 2 atom stereocenters. The maximum Gasteiger partial charge on any atom is 0.325 e. The van der Waals surface area contributed by atoms with Gasteiger partial charge in [0, 0.05) is 49.3 Å². The van der Waals surface area contributed by atoms with Crippen molar-refractivity contribution in [2.45, 2.75) is 51.1 Å². The number of likely N-dealkylation sites (N-methyl/N-ethyl adjacent to an activating group) is 1. The van der Waals surface area contributed by atoms with Crippen LogP contribution in [-0.2, 0) is 16.1 Å². The molecule has 0 aromatic heterocycles. The fourth-order valence-corrected chi connectivity index (χ4v) is 6.57. The number of rotatable bonds is 5. The lowest BCUT2D eigenvalue weighted by Gasteiger charge is -2.45. The van der Waals surface area contributed by atoms with Crippen LogP contribution >= 0.6 is 0 Å². The van der Waals surface area contributed by atoms with Gasteiger partial charge in [0.15, 0.2) is 0 Å². The van der Waals surface area contributed by atoms with Crippen molar-refractivity contribution in [3.8, 4) is 11.5 Å². The minimum Gasteiger partial charge on any atom is -0.501 e. The van der Waals surface area contributed by atoms with E-state index in [0.29, 0.717) is 45.4 Å². The Morgan fingerprint density at radius 1 is 1.11 bits per heavy atom. The first-order chi connectivity index (χ1) is 17.9. The molecule has 1 aromatic rings. The molecule has 0 radical (unpaired) electrons. The number of benzene rings is 1. The van der Waals surface area contributed by atoms with Gasteiger partial charge in [-0.05, 0) is 37.5 Å². The molecule has 4 aliphatic rings. The Bertz CT molecular complexity index is 1180. The monoisotopic (exact) mass is 507 g/mol. The molecule has 3 aliphatic heterocycles. The quantitative estimate of drug-likeness (QED) is 0.590. The second-order valence-corrected chi connectivity index (χ2v) is 10.2. The molecule has 2 saturated heterocycles. The molecular formula is C29H37N3O5. The number of carbonyl (C=O) groups is 2. The Morgan fingerprint density at radius 3 is 2.51 bits per heavy atom. The summed E-state index contributed by atoms with van der Waals surface area (Å²) < 4.78 is 16.6. The summed E-state index contributed by atoms with van der Waals surface area (Å²) in [7, 11) is 4.96. The summed E-state index contributed by atoms with van der Waals surface area (Å²) in [6.07, 6.45) is 10.0. The molecule has 1 aromatic carbocycles. The summed E-state index contributed by atoms with van der Waals surface area (Å²) in [6.45, 7) is 6.52. The fraction of sp³-hybridized carbons (Fsp3) is 0.517. The Morgan fingerprint density at radius 2 is 1.86 bits per heavy atom. The third kappa shape index (κ3) is 4.06. The van der Waals surface area contributed by atoms with E-state index in [1.54, 1.807) is 21.3 Å². The summed E-state index contributed by atoms with van der Waals surface area (Å²) >= 11 is 0. The van der Waals surface area contributed by atoms with Crippen molar-refractivity contribution in [2.24, 2.45) is 5.92 Å². The van der Waals surface area contributed by atoms with Crippen LogP contribution in [0.15, 0.2) is 47.9 Å². The zero-order chi connectivity index (χ0) is 26.3. The predicted octanol–water partition coefficient (Wildman–Crippen LogP) is 4.43. The van der Waals surface area contributed by atoms with E-state index in [1.807, 2.05) is 52.0 Å². The molecule has 1 spiro atoms. The second-order valence-electron chi connectivity index (χ2n) is 10.2. The first-order valence-electron chi connectivity index (χ1n) is 13.1. The highest BCUT2D eigenvalue weighted by Gasteiger charge is 2.55. The number of piperidine rings is 1. The van der Waals surface area contributed by atoms with Gasteiger partial charge < -0.3 is 24.0 Å². The summed E-state index contributed by atoms with van der Waals surface area (Å²) in [6, 6.07) is 3.95. The lowest BCUT2D eigenvalue weighted by Crippen LogP contribution is -2.55. The van der Waals surface area contributed by atoms with E-state index in [4.69, 9.17) is 14.2 Å². The third-order valence-electron chi connectivity index (χ3n) is 8.44. The van der Waals surface area contributed by atoms with Gasteiger partial charge in [0.05, 0.1) is 45.1 Å². The van der Waals surface area contributed by atoms with Crippen molar-refractivity contribution in [2.75, 3.05) is 41.0 Å². The van der Waals surface area contributed by atoms with Crippen molar-refractivity contribution in [1.29, 1.82) is 0 Å². The Labute approximate surface area is 219 Å². The average molecular weight is 508 g/mol. The number of carbonyl (C=O) groups excluding carboxylic acids is 2. The minimum absolute atomic E-state index is 0.0282. The molecule has 5 rings (SSSR count). The van der Waals surface area contributed by atoms with Crippen LogP contribution < -0.4 is 9.47 Å². The molecular weight excluding hydrogens is 470 g/mol. The molecule has 3 amide bonds. The van der Waals surface area contributed by atoms with Crippen molar-refractivity contribution >= 4 is 11.9 Å². The van der Waals surface area contributed by atoms with Crippen LogP contribution in [0.25, 0.3) is 0 Å². The van der Waals surface area contributed by atoms with E-state index in [2.05, 4.69) is 13.0 Å². The lowest BCUT2D eigenvalue weighted by atomic mass is 9.81. The third-order valence-corrected chi connectivity index (χ3v) is 8.44. The predicted molar refractivity (Wildman–Crippen MR) is 140 cm³/mol. The maximum absolute atomic E-state index is 13.8. The maximum atomic E-state index is 13.8. The van der Waals surface area contributed by atoms with E-state index in [-0.39, 0.29) is 23.8 Å². The number of nitrogens with zero attached hydrogens (tertiary/aromatic N) is 3. The number of allylic oxidation sites excluding steroid dienone is 4. The van der Waals surface area contributed by atoms with Crippen LogP contribution in [0.3, 0.4) is 0 Å². The number of hydrogen-bond acceptors (Lipinski definition) is 5. The summed E-state index contributed by atoms with van der Waals surface area (Å²) in [5.41, 5.74) is 2.76. The van der Waals surface area contributed by atoms with Crippen LogP contribution in [0.4, 0.5) is 4.79 Å². The second kappa shape index (κ2) is 9.80. The smallest absolute Gasteiger partial charge is 0.325 e. The number of amides is 3. The van der Waals surface area contributed by atoms with Crippen LogP contribution in [0.2, 0.25) is 0 Å². The molecule has 0 N–H and O–H groups in total. The van der Waals surface area contributed by atoms with Crippen LogP contribution in [0.1, 0.15) is 50.2 Å². The topological polar surface area (TPSA) is 71.6 Å². The summed E-state index contributed by atoms with van der Waals surface area (Å²) in [5, 5.41) is 0. The van der Waals surface area contributed by atoms with E-state index >= 15 is 0 Å². The number of ether oxygens (including phenoxy) is 3. The highest BCUT2D eigenvalue weighted by molar-refractivity contribution is 5.84. The average Bonchev–Trinajstić information content (AvgIpc) is 3.03. The largest absolute Gasteiger partial charge is 0.501 e. The number of likely N-dealkylation sites (tertiary alicyclic amines) is 1.